The first-order valence-electron chi connectivity index (χ1n) is 12.3. The van der Waals surface area contributed by atoms with Gasteiger partial charge in [-0.3, -0.25) is 4.99 Å². The number of aliphatic imine (C=N–C) groups is 1. The summed E-state index contributed by atoms with van der Waals surface area (Å²) in [6.07, 6.45) is 10.1. The highest BCUT2D eigenvalue weighted by molar-refractivity contribution is 14.0. The Hall–Kier alpha value is -0.410. The Morgan fingerprint density at radius 1 is 1.10 bits per heavy atom. The number of amidine groups is 1. The molecule has 8 atom stereocenters. The molecule has 5 rings (SSSR count). The van der Waals surface area contributed by atoms with Crippen molar-refractivity contribution in [2.24, 2.45) is 50.4 Å². The number of hydrogen-bond donors (Lipinski definition) is 4. The van der Waals surface area contributed by atoms with Gasteiger partial charge in [0.1, 0.15) is 11.5 Å². The van der Waals surface area contributed by atoms with Gasteiger partial charge in [0.2, 0.25) is 0 Å². The van der Waals surface area contributed by atoms with E-state index in [0.29, 0.717) is 17.8 Å². The number of aliphatic hydroxyl groups is 2. The van der Waals surface area contributed by atoms with Gasteiger partial charge in [-0.25, -0.2) is 0 Å². The van der Waals surface area contributed by atoms with E-state index in [1.807, 2.05) is 0 Å². The van der Waals surface area contributed by atoms with E-state index in [4.69, 9.17) is 5.84 Å². The molecule has 0 spiro atoms. The van der Waals surface area contributed by atoms with Crippen molar-refractivity contribution >= 4 is 35.5 Å². The number of halogens is 1. The van der Waals surface area contributed by atoms with Crippen LogP contribution >= 0.6 is 24.0 Å². The Balaban J connectivity index is 0.00000231. The van der Waals surface area contributed by atoms with Crippen LogP contribution in [0, 0.1) is 34.5 Å². The van der Waals surface area contributed by atoms with Gasteiger partial charge in [-0.1, -0.05) is 13.8 Å². The summed E-state index contributed by atoms with van der Waals surface area (Å²) in [5, 5.41) is 30.2. The number of rotatable bonds is 2. The van der Waals surface area contributed by atoms with Crippen LogP contribution in [0.2, 0.25) is 0 Å². The maximum atomic E-state index is 12.3. The van der Waals surface area contributed by atoms with Crippen LogP contribution in [0.5, 0.6) is 0 Å². The van der Waals surface area contributed by atoms with E-state index in [0.717, 1.165) is 82.4 Å². The fraction of sp³-hybridized carbons (Fsp3) is 0.917. The largest absolute Gasteiger partial charge is 0.393 e. The van der Waals surface area contributed by atoms with Crippen LogP contribution in [-0.2, 0) is 0 Å². The third-order valence-electron chi connectivity index (χ3n) is 10.4. The standard InChI is InChI=1S/C24H40N4O2.HI/c1-22-9-6-16(29)14-15(22)4-5-18-17(22)7-10-23(2)19(8-11-24(18,23)30)20(28-25)21-26-12-3-13-27-21;/h15-19,29-30H,3-14,25H2,1-2H3,(H,26,27);1H/t15?,16?,17-,18-,19?,22+,23-,24-;/m1./s1. The average molecular weight is 545 g/mol. The zero-order chi connectivity index (χ0) is 21.1. The lowest BCUT2D eigenvalue weighted by Gasteiger charge is -2.63. The van der Waals surface area contributed by atoms with Gasteiger partial charge in [-0.15, -0.1) is 24.0 Å². The lowest BCUT2D eigenvalue weighted by molar-refractivity contribution is -0.206. The second-order valence-electron chi connectivity index (χ2n) is 11.4. The molecule has 7 heteroatoms. The highest BCUT2D eigenvalue weighted by Gasteiger charge is 2.68. The predicted molar refractivity (Wildman–Crippen MR) is 135 cm³/mol. The van der Waals surface area contributed by atoms with Crippen LogP contribution in [0.4, 0.5) is 0 Å². The maximum Gasteiger partial charge on any atom is 0.145 e. The molecule has 0 saturated heterocycles. The summed E-state index contributed by atoms with van der Waals surface area (Å²) in [5.74, 6) is 8.46. The van der Waals surface area contributed by atoms with Crippen molar-refractivity contribution in [1.82, 2.24) is 5.32 Å². The van der Waals surface area contributed by atoms with E-state index in [1.165, 1.54) is 6.42 Å². The summed E-state index contributed by atoms with van der Waals surface area (Å²) in [6, 6.07) is 0. The average Bonchev–Trinajstić information content (AvgIpc) is 3.02. The van der Waals surface area contributed by atoms with Gasteiger partial charge >= 0.3 is 0 Å². The SMILES string of the molecule is C[C@]12CCC(O)CC1CC[C@@H]1[C@H]2CC[C@]2(C)C(C(=NN)C3=NCCCN3)CC[C@@]12O.I. The van der Waals surface area contributed by atoms with E-state index < -0.39 is 5.60 Å². The van der Waals surface area contributed by atoms with Crippen molar-refractivity contribution in [3.8, 4) is 0 Å². The first-order valence-corrected chi connectivity index (χ1v) is 12.3. The monoisotopic (exact) mass is 544 g/mol. The number of nitrogens with zero attached hydrogens (tertiary/aromatic N) is 2. The van der Waals surface area contributed by atoms with Crippen LogP contribution in [0.3, 0.4) is 0 Å². The summed E-state index contributed by atoms with van der Waals surface area (Å²) in [5.41, 5.74) is 0.283. The van der Waals surface area contributed by atoms with E-state index >= 15 is 0 Å². The molecule has 0 radical (unpaired) electrons. The van der Waals surface area contributed by atoms with Crippen LogP contribution < -0.4 is 11.2 Å². The summed E-state index contributed by atoms with van der Waals surface area (Å²) in [6.45, 7) is 6.51. The Labute approximate surface area is 203 Å². The van der Waals surface area contributed by atoms with E-state index in [-0.39, 0.29) is 46.8 Å². The number of hydrazone groups is 1. The molecule has 1 heterocycles. The van der Waals surface area contributed by atoms with Crippen molar-refractivity contribution in [2.45, 2.75) is 89.8 Å². The highest BCUT2D eigenvalue weighted by Crippen LogP contribution is 2.69. The van der Waals surface area contributed by atoms with Crippen molar-refractivity contribution < 1.29 is 10.2 Å². The highest BCUT2D eigenvalue weighted by atomic mass is 127. The summed E-state index contributed by atoms with van der Waals surface area (Å²) in [7, 11) is 0. The van der Waals surface area contributed by atoms with E-state index in [2.05, 4.69) is 29.3 Å². The van der Waals surface area contributed by atoms with Crippen molar-refractivity contribution in [3.05, 3.63) is 0 Å². The van der Waals surface area contributed by atoms with Gasteiger partial charge in [0.05, 0.1) is 11.7 Å². The molecule has 4 saturated carbocycles. The van der Waals surface area contributed by atoms with Crippen LogP contribution in [-0.4, -0.2) is 46.6 Å². The second-order valence-corrected chi connectivity index (χ2v) is 11.4. The summed E-state index contributed by atoms with van der Waals surface area (Å²) >= 11 is 0. The maximum absolute atomic E-state index is 12.3. The van der Waals surface area contributed by atoms with Crippen molar-refractivity contribution in [2.75, 3.05) is 13.1 Å². The molecular formula is C24H41IN4O2. The molecular weight excluding hydrogens is 503 g/mol. The molecule has 31 heavy (non-hydrogen) atoms. The normalized spacial score (nSPS) is 49.6. The molecule has 0 bridgehead atoms. The predicted octanol–water partition coefficient (Wildman–Crippen LogP) is 3.45. The summed E-state index contributed by atoms with van der Waals surface area (Å²) < 4.78 is 0. The number of aliphatic hydroxyl groups excluding tert-OH is 1. The van der Waals surface area contributed by atoms with Crippen LogP contribution in [0.15, 0.2) is 10.1 Å². The van der Waals surface area contributed by atoms with Crippen LogP contribution in [0.1, 0.15) is 78.1 Å². The smallest absolute Gasteiger partial charge is 0.145 e. The Kier molecular flexibility index (Phi) is 6.45. The topological polar surface area (TPSA) is 103 Å². The van der Waals surface area contributed by atoms with Gasteiger partial charge in [0.15, 0.2) is 0 Å². The molecule has 0 aromatic rings. The zero-order valence-electron chi connectivity index (χ0n) is 19.1. The molecule has 6 nitrogen and oxygen atoms in total. The van der Waals surface area contributed by atoms with E-state index in [1.54, 1.807) is 0 Å². The molecule has 0 aromatic carbocycles. The molecule has 0 amide bonds. The van der Waals surface area contributed by atoms with Gasteiger partial charge < -0.3 is 21.4 Å². The van der Waals surface area contributed by atoms with Crippen molar-refractivity contribution in [1.29, 1.82) is 0 Å². The molecule has 3 unspecified atom stereocenters. The first kappa shape index (κ1) is 23.7. The molecule has 4 fully saturated rings. The number of hydrogen-bond acceptors (Lipinski definition) is 6. The van der Waals surface area contributed by atoms with Gasteiger partial charge in [-0.2, -0.15) is 5.10 Å². The third-order valence-corrected chi connectivity index (χ3v) is 10.4. The molecule has 4 aliphatic carbocycles. The Morgan fingerprint density at radius 2 is 1.90 bits per heavy atom. The third kappa shape index (κ3) is 3.38. The minimum atomic E-state index is -0.657. The van der Waals surface area contributed by atoms with Crippen molar-refractivity contribution in [3.63, 3.8) is 0 Å². The quantitative estimate of drug-likeness (QED) is 0.185. The zero-order valence-corrected chi connectivity index (χ0v) is 21.5. The molecule has 0 aromatic heterocycles. The number of fused-ring (bicyclic) bond motifs is 5. The lowest BCUT2D eigenvalue weighted by Crippen LogP contribution is -2.63. The molecule has 1 aliphatic heterocycles. The number of nitrogens with two attached hydrogens (primary N) is 1. The van der Waals surface area contributed by atoms with Crippen LogP contribution in [0.25, 0.3) is 0 Å². The fourth-order valence-corrected chi connectivity index (χ4v) is 8.66. The molecule has 176 valence electrons. The molecule has 5 aliphatic rings. The minimum Gasteiger partial charge on any atom is -0.393 e. The Bertz CT molecular complexity index is 760. The molecule has 5 N–H and O–H groups in total. The van der Waals surface area contributed by atoms with Gasteiger partial charge in [-0.05, 0) is 87.4 Å². The van der Waals surface area contributed by atoms with Gasteiger partial charge in [0, 0.05) is 24.4 Å². The van der Waals surface area contributed by atoms with E-state index in [9.17, 15) is 10.2 Å². The van der Waals surface area contributed by atoms with Gasteiger partial charge in [0.25, 0.3) is 0 Å². The Morgan fingerprint density at radius 3 is 2.61 bits per heavy atom. The fourth-order valence-electron chi connectivity index (χ4n) is 8.66. The summed E-state index contributed by atoms with van der Waals surface area (Å²) in [4.78, 5) is 4.68. The number of nitrogens with one attached hydrogen (secondary N) is 1. The lowest BCUT2D eigenvalue weighted by atomic mass is 9.43. The minimum absolute atomic E-state index is 0. The second kappa shape index (κ2) is 8.42. The first-order chi connectivity index (χ1) is 14.3.